The standard InChI is InChI=1S/C16H23N3/c1-12(2)16(9-6-10-17-16)11-15-18-13-7-4-5-8-14(13)19(15)3/h4-5,7-8,12,17H,6,9-11H2,1-3H3. The Morgan fingerprint density at radius 1 is 1.37 bits per heavy atom. The van der Waals surface area contributed by atoms with E-state index < -0.39 is 0 Å². The normalized spacial score (nSPS) is 23.6. The summed E-state index contributed by atoms with van der Waals surface area (Å²) in [4.78, 5) is 4.83. The molecule has 0 bridgehead atoms. The van der Waals surface area contributed by atoms with Gasteiger partial charge in [-0.05, 0) is 37.4 Å². The molecule has 3 rings (SSSR count). The van der Waals surface area contributed by atoms with E-state index in [1.807, 2.05) is 0 Å². The maximum absolute atomic E-state index is 4.83. The largest absolute Gasteiger partial charge is 0.331 e. The fourth-order valence-electron chi connectivity index (χ4n) is 3.31. The van der Waals surface area contributed by atoms with Gasteiger partial charge in [0.05, 0.1) is 11.0 Å². The van der Waals surface area contributed by atoms with E-state index in [4.69, 9.17) is 4.98 Å². The minimum Gasteiger partial charge on any atom is -0.331 e. The Morgan fingerprint density at radius 2 is 2.16 bits per heavy atom. The van der Waals surface area contributed by atoms with Gasteiger partial charge in [0.25, 0.3) is 0 Å². The lowest BCUT2D eigenvalue weighted by Gasteiger charge is -2.33. The highest BCUT2D eigenvalue weighted by Gasteiger charge is 2.37. The lowest BCUT2D eigenvalue weighted by atomic mass is 9.82. The number of aromatic nitrogens is 2. The molecule has 0 radical (unpaired) electrons. The molecule has 3 nitrogen and oxygen atoms in total. The Kier molecular flexibility index (Phi) is 3.09. The van der Waals surface area contributed by atoms with Gasteiger partial charge in [-0.3, -0.25) is 0 Å². The maximum atomic E-state index is 4.83. The van der Waals surface area contributed by atoms with Crippen molar-refractivity contribution < 1.29 is 0 Å². The molecule has 1 fully saturated rings. The quantitative estimate of drug-likeness (QED) is 0.916. The Hall–Kier alpha value is -1.35. The number of fused-ring (bicyclic) bond motifs is 1. The minimum absolute atomic E-state index is 0.231. The van der Waals surface area contributed by atoms with E-state index in [0.29, 0.717) is 5.92 Å². The smallest absolute Gasteiger partial charge is 0.111 e. The average Bonchev–Trinajstić information content (AvgIpc) is 2.98. The molecule has 19 heavy (non-hydrogen) atoms. The highest BCUT2D eigenvalue weighted by molar-refractivity contribution is 5.75. The number of rotatable bonds is 3. The van der Waals surface area contributed by atoms with Crippen LogP contribution < -0.4 is 5.32 Å². The van der Waals surface area contributed by atoms with Gasteiger partial charge in [0.15, 0.2) is 0 Å². The molecule has 1 aromatic carbocycles. The molecule has 1 unspecified atom stereocenters. The summed E-state index contributed by atoms with van der Waals surface area (Å²) in [6, 6.07) is 8.39. The summed E-state index contributed by atoms with van der Waals surface area (Å²) >= 11 is 0. The first kappa shape index (κ1) is 12.7. The van der Waals surface area contributed by atoms with E-state index in [9.17, 15) is 0 Å². The van der Waals surface area contributed by atoms with Crippen molar-refractivity contribution in [2.75, 3.05) is 6.54 Å². The first-order chi connectivity index (χ1) is 9.12. The van der Waals surface area contributed by atoms with Gasteiger partial charge in [0.2, 0.25) is 0 Å². The van der Waals surface area contributed by atoms with E-state index in [0.717, 1.165) is 18.5 Å². The number of hydrogen-bond acceptors (Lipinski definition) is 2. The van der Waals surface area contributed by atoms with Crippen molar-refractivity contribution in [1.29, 1.82) is 0 Å². The second-order valence-corrected chi connectivity index (χ2v) is 6.09. The van der Waals surface area contributed by atoms with Gasteiger partial charge >= 0.3 is 0 Å². The Labute approximate surface area is 115 Å². The van der Waals surface area contributed by atoms with Gasteiger partial charge in [-0.15, -0.1) is 0 Å². The maximum Gasteiger partial charge on any atom is 0.111 e. The van der Waals surface area contributed by atoms with Crippen LogP contribution in [-0.2, 0) is 13.5 Å². The Bertz CT molecular complexity index is 577. The fraction of sp³-hybridized carbons (Fsp3) is 0.562. The summed E-state index contributed by atoms with van der Waals surface area (Å²) in [7, 11) is 2.13. The van der Waals surface area contributed by atoms with Crippen molar-refractivity contribution in [2.45, 2.75) is 38.6 Å². The van der Waals surface area contributed by atoms with Gasteiger partial charge in [0, 0.05) is 19.0 Å². The number of nitrogens with zero attached hydrogens (tertiary/aromatic N) is 2. The van der Waals surface area contributed by atoms with E-state index >= 15 is 0 Å². The van der Waals surface area contributed by atoms with E-state index in [1.165, 1.54) is 24.2 Å². The third-order valence-corrected chi connectivity index (χ3v) is 4.74. The molecule has 0 amide bonds. The summed E-state index contributed by atoms with van der Waals surface area (Å²) in [6.07, 6.45) is 3.56. The molecular formula is C16H23N3. The number of imidazole rings is 1. The summed E-state index contributed by atoms with van der Waals surface area (Å²) in [5.74, 6) is 1.83. The van der Waals surface area contributed by atoms with Gasteiger partial charge in [-0.1, -0.05) is 26.0 Å². The second-order valence-electron chi connectivity index (χ2n) is 6.09. The highest BCUT2D eigenvalue weighted by atomic mass is 15.1. The van der Waals surface area contributed by atoms with Crippen LogP contribution in [0.25, 0.3) is 11.0 Å². The first-order valence-electron chi connectivity index (χ1n) is 7.28. The zero-order chi connectivity index (χ0) is 13.5. The van der Waals surface area contributed by atoms with E-state index in [-0.39, 0.29) is 5.54 Å². The number of para-hydroxylation sites is 2. The number of aryl methyl sites for hydroxylation is 1. The number of nitrogens with one attached hydrogen (secondary N) is 1. The van der Waals surface area contributed by atoms with Crippen molar-refractivity contribution in [3.05, 3.63) is 30.1 Å². The summed E-state index contributed by atoms with van der Waals surface area (Å²) in [5, 5.41) is 3.74. The minimum atomic E-state index is 0.231. The van der Waals surface area contributed by atoms with Crippen molar-refractivity contribution in [3.8, 4) is 0 Å². The highest BCUT2D eigenvalue weighted by Crippen LogP contribution is 2.31. The van der Waals surface area contributed by atoms with Crippen LogP contribution in [0.4, 0.5) is 0 Å². The number of hydrogen-bond donors (Lipinski definition) is 1. The fourth-order valence-corrected chi connectivity index (χ4v) is 3.31. The molecule has 0 saturated carbocycles. The average molecular weight is 257 g/mol. The zero-order valence-corrected chi connectivity index (χ0v) is 12.1. The summed E-state index contributed by atoms with van der Waals surface area (Å²) in [5.41, 5.74) is 2.57. The SMILES string of the molecule is CC(C)C1(Cc2nc3ccccc3n2C)CCCN1. The molecule has 1 aromatic heterocycles. The Morgan fingerprint density at radius 3 is 2.79 bits per heavy atom. The lowest BCUT2D eigenvalue weighted by molar-refractivity contribution is 0.263. The monoisotopic (exact) mass is 257 g/mol. The van der Waals surface area contributed by atoms with Crippen molar-refractivity contribution >= 4 is 11.0 Å². The van der Waals surface area contributed by atoms with Crippen LogP contribution in [0.1, 0.15) is 32.5 Å². The molecule has 3 heteroatoms. The summed E-state index contributed by atoms with van der Waals surface area (Å²) < 4.78 is 2.25. The molecule has 1 saturated heterocycles. The topological polar surface area (TPSA) is 29.9 Å². The molecule has 2 aromatic rings. The third-order valence-electron chi connectivity index (χ3n) is 4.74. The van der Waals surface area contributed by atoms with Crippen LogP contribution in [0, 0.1) is 5.92 Å². The van der Waals surface area contributed by atoms with Crippen molar-refractivity contribution in [2.24, 2.45) is 13.0 Å². The molecule has 1 aliphatic rings. The molecule has 1 N–H and O–H groups in total. The predicted molar refractivity (Wildman–Crippen MR) is 79.2 cm³/mol. The molecule has 0 spiro atoms. The molecular weight excluding hydrogens is 234 g/mol. The van der Waals surface area contributed by atoms with E-state index in [2.05, 4.69) is 55.0 Å². The predicted octanol–water partition coefficient (Wildman–Crippen LogP) is 2.89. The molecule has 1 atom stereocenters. The molecule has 0 aliphatic carbocycles. The van der Waals surface area contributed by atoms with Crippen LogP contribution in [0.3, 0.4) is 0 Å². The summed E-state index contributed by atoms with van der Waals surface area (Å²) in [6.45, 7) is 5.78. The van der Waals surface area contributed by atoms with Crippen LogP contribution in [-0.4, -0.2) is 21.6 Å². The van der Waals surface area contributed by atoms with Crippen LogP contribution in [0.2, 0.25) is 0 Å². The van der Waals surface area contributed by atoms with Crippen LogP contribution >= 0.6 is 0 Å². The van der Waals surface area contributed by atoms with E-state index in [1.54, 1.807) is 0 Å². The molecule has 102 valence electrons. The van der Waals surface area contributed by atoms with Crippen molar-refractivity contribution in [3.63, 3.8) is 0 Å². The van der Waals surface area contributed by atoms with Crippen molar-refractivity contribution in [1.82, 2.24) is 14.9 Å². The first-order valence-corrected chi connectivity index (χ1v) is 7.28. The van der Waals surface area contributed by atoms with Crippen LogP contribution in [0.5, 0.6) is 0 Å². The second kappa shape index (κ2) is 4.64. The van der Waals surface area contributed by atoms with Gasteiger partial charge in [-0.25, -0.2) is 4.98 Å². The molecule has 2 heterocycles. The Balaban J connectivity index is 1.98. The van der Waals surface area contributed by atoms with Gasteiger partial charge in [0.1, 0.15) is 5.82 Å². The number of benzene rings is 1. The molecule has 1 aliphatic heterocycles. The van der Waals surface area contributed by atoms with Gasteiger partial charge < -0.3 is 9.88 Å². The lowest BCUT2D eigenvalue weighted by Crippen LogP contribution is -2.47. The third kappa shape index (κ3) is 2.06. The van der Waals surface area contributed by atoms with Gasteiger partial charge in [-0.2, -0.15) is 0 Å². The zero-order valence-electron chi connectivity index (χ0n) is 12.1. The van der Waals surface area contributed by atoms with Crippen LogP contribution in [0.15, 0.2) is 24.3 Å².